The van der Waals surface area contributed by atoms with Crippen LogP contribution in [0.1, 0.15) is 38.4 Å². The number of hydrogen-bond acceptors (Lipinski definition) is 4. The van der Waals surface area contributed by atoms with Crippen LogP contribution in [0.2, 0.25) is 0 Å². The summed E-state index contributed by atoms with van der Waals surface area (Å²) in [5.74, 6) is 1.90. The molecule has 0 saturated carbocycles. The van der Waals surface area contributed by atoms with Gasteiger partial charge in [-0.15, -0.1) is 0 Å². The van der Waals surface area contributed by atoms with Crippen molar-refractivity contribution in [1.29, 1.82) is 5.41 Å². The van der Waals surface area contributed by atoms with E-state index >= 15 is 0 Å². The first-order valence-electron chi connectivity index (χ1n) is 9.87. The van der Waals surface area contributed by atoms with E-state index in [0.29, 0.717) is 11.7 Å². The highest BCUT2D eigenvalue weighted by molar-refractivity contribution is 5.93. The van der Waals surface area contributed by atoms with E-state index < -0.39 is 0 Å². The molecule has 1 aromatic carbocycles. The van der Waals surface area contributed by atoms with Crippen molar-refractivity contribution in [3.05, 3.63) is 48.4 Å². The van der Waals surface area contributed by atoms with Gasteiger partial charge in [-0.1, -0.05) is 31.5 Å². The lowest BCUT2D eigenvalue weighted by atomic mass is 10.2. The van der Waals surface area contributed by atoms with Crippen molar-refractivity contribution in [2.24, 2.45) is 0 Å². The molecule has 3 aromatic rings. The number of para-hydroxylation sites is 1. The Labute approximate surface area is 165 Å². The normalized spacial score (nSPS) is 11.5. The van der Waals surface area contributed by atoms with Crippen molar-refractivity contribution in [3.8, 4) is 11.5 Å². The van der Waals surface area contributed by atoms with Crippen LogP contribution in [0, 0.1) is 5.41 Å². The average molecular weight is 380 g/mol. The van der Waals surface area contributed by atoms with E-state index in [-0.39, 0.29) is 6.61 Å². The maximum absolute atomic E-state index is 8.98. The van der Waals surface area contributed by atoms with Gasteiger partial charge in [0, 0.05) is 25.1 Å². The molecule has 2 aromatic heterocycles. The molecule has 0 saturated heterocycles. The van der Waals surface area contributed by atoms with Crippen LogP contribution in [0.25, 0.3) is 28.5 Å². The molecule has 0 aliphatic carbocycles. The van der Waals surface area contributed by atoms with Gasteiger partial charge in [-0.25, -0.2) is 4.98 Å². The van der Waals surface area contributed by atoms with Crippen LogP contribution >= 0.6 is 0 Å². The van der Waals surface area contributed by atoms with Crippen LogP contribution in [0.3, 0.4) is 0 Å². The highest BCUT2D eigenvalue weighted by atomic mass is 16.3. The summed E-state index contributed by atoms with van der Waals surface area (Å²) in [7, 11) is 0. The number of aromatic nitrogens is 2. The fourth-order valence-electron chi connectivity index (χ4n) is 3.04. The van der Waals surface area contributed by atoms with Gasteiger partial charge in [-0.3, -0.25) is 5.41 Å². The number of H-pyrrole nitrogens is 1. The first kappa shape index (κ1) is 19.9. The summed E-state index contributed by atoms with van der Waals surface area (Å²) in [6.45, 7) is 3.98. The Morgan fingerprint density at radius 1 is 1.25 bits per heavy atom. The fraction of sp³-hybridized carbons (Fsp3) is 0.364. The number of nitrogens with zero attached hydrogens (tertiary/aromatic N) is 2. The molecule has 6 nitrogen and oxygen atoms in total. The third kappa shape index (κ3) is 5.10. The smallest absolute Gasteiger partial charge is 0.153 e. The summed E-state index contributed by atoms with van der Waals surface area (Å²) in [6, 6.07) is 9.89. The second kappa shape index (κ2) is 9.90. The van der Waals surface area contributed by atoms with Crippen molar-refractivity contribution in [1.82, 2.24) is 14.9 Å². The molecular formula is C22H28N4O2. The maximum atomic E-state index is 8.98. The number of amidine groups is 1. The number of aliphatic hydroxyl groups is 1. The Kier molecular flexibility index (Phi) is 7.03. The van der Waals surface area contributed by atoms with Crippen LogP contribution in [-0.2, 0) is 0 Å². The highest BCUT2D eigenvalue weighted by Crippen LogP contribution is 2.26. The standard InChI is InChI=1S/C22H28N4O2/c1-2-3-12-26(13-6-7-14-27)21(23)10-11-22-24-16-18(25-22)20-15-17-8-4-5-9-19(17)28-20/h4-5,8-11,15-16,23,27H,2-3,6-7,12-14H2,1H3,(H,24,25)/b11-10-,23-21?. The van der Waals surface area contributed by atoms with Crippen molar-refractivity contribution < 1.29 is 9.52 Å². The number of fused-ring (bicyclic) bond motifs is 1. The number of rotatable bonds is 10. The summed E-state index contributed by atoms with van der Waals surface area (Å²) >= 11 is 0. The van der Waals surface area contributed by atoms with Crippen LogP contribution in [-0.4, -0.2) is 45.5 Å². The zero-order chi connectivity index (χ0) is 19.8. The lowest BCUT2D eigenvalue weighted by molar-refractivity contribution is 0.275. The first-order chi connectivity index (χ1) is 13.7. The largest absolute Gasteiger partial charge is 0.454 e. The van der Waals surface area contributed by atoms with Crippen LogP contribution in [0.5, 0.6) is 0 Å². The molecule has 148 valence electrons. The number of unbranched alkanes of at least 4 members (excludes halogenated alkanes) is 2. The van der Waals surface area contributed by atoms with Gasteiger partial charge in [0.1, 0.15) is 22.9 Å². The highest BCUT2D eigenvalue weighted by Gasteiger charge is 2.09. The summed E-state index contributed by atoms with van der Waals surface area (Å²) in [6.07, 6.45) is 9.12. The van der Waals surface area contributed by atoms with Crippen molar-refractivity contribution in [3.63, 3.8) is 0 Å². The molecule has 0 spiro atoms. The van der Waals surface area contributed by atoms with Crippen LogP contribution in [0.15, 0.2) is 47.0 Å². The zero-order valence-corrected chi connectivity index (χ0v) is 16.3. The molecule has 2 heterocycles. The topological polar surface area (TPSA) is 89.1 Å². The Morgan fingerprint density at radius 3 is 2.86 bits per heavy atom. The summed E-state index contributed by atoms with van der Waals surface area (Å²) < 4.78 is 5.86. The lowest BCUT2D eigenvalue weighted by Crippen LogP contribution is -2.31. The van der Waals surface area contributed by atoms with E-state index in [1.807, 2.05) is 36.4 Å². The van der Waals surface area contributed by atoms with Gasteiger partial charge >= 0.3 is 0 Å². The Hall–Kier alpha value is -2.86. The molecule has 6 heteroatoms. The molecule has 0 radical (unpaired) electrons. The minimum absolute atomic E-state index is 0.196. The van der Waals surface area contributed by atoms with E-state index in [0.717, 1.165) is 61.2 Å². The van der Waals surface area contributed by atoms with Gasteiger partial charge in [0.25, 0.3) is 0 Å². The van der Waals surface area contributed by atoms with E-state index in [1.54, 1.807) is 12.3 Å². The van der Waals surface area contributed by atoms with Crippen molar-refractivity contribution >= 4 is 22.9 Å². The molecule has 3 N–H and O–H groups in total. The van der Waals surface area contributed by atoms with Gasteiger partial charge in [-0.05, 0) is 43.5 Å². The number of aliphatic hydroxyl groups excluding tert-OH is 1. The average Bonchev–Trinajstić information content (AvgIpc) is 3.35. The molecular weight excluding hydrogens is 352 g/mol. The molecule has 0 bridgehead atoms. The van der Waals surface area contributed by atoms with Crippen molar-refractivity contribution in [2.45, 2.75) is 32.6 Å². The van der Waals surface area contributed by atoms with Gasteiger partial charge in [0.05, 0.1) is 6.20 Å². The van der Waals surface area contributed by atoms with Gasteiger partial charge in [0.15, 0.2) is 5.76 Å². The SMILES string of the molecule is CCCCN(CCCCO)C(=N)/C=C\c1ncc(-c2cc3ccccc3o2)[nH]1. The third-order valence-electron chi connectivity index (χ3n) is 4.64. The Morgan fingerprint density at radius 2 is 2.07 bits per heavy atom. The second-order valence-corrected chi connectivity index (χ2v) is 6.82. The molecule has 28 heavy (non-hydrogen) atoms. The monoisotopic (exact) mass is 380 g/mol. The number of aromatic amines is 1. The first-order valence-corrected chi connectivity index (χ1v) is 9.87. The minimum atomic E-state index is 0.196. The Balaban J connectivity index is 1.66. The lowest BCUT2D eigenvalue weighted by Gasteiger charge is -2.23. The number of furan rings is 1. The molecule has 0 aliphatic rings. The number of imidazole rings is 1. The van der Waals surface area contributed by atoms with Gasteiger partial charge in [0.2, 0.25) is 0 Å². The molecule has 0 atom stereocenters. The molecule has 0 amide bonds. The van der Waals surface area contributed by atoms with Crippen LogP contribution in [0.4, 0.5) is 0 Å². The Bertz CT molecular complexity index is 892. The zero-order valence-electron chi connectivity index (χ0n) is 16.3. The maximum Gasteiger partial charge on any atom is 0.153 e. The summed E-state index contributed by atoms with van der Waals surface area (Å²) in [4.78, 5) is 9.68. The van der Waals surface area contributed by atoms with Crippen molar-refractivity contribution in [2.75, 3.05) is 19.7 Å². The number of nitrogens with one attached hydrogen (secondary N) is 2. The number of benzene rings is 1. The fourth-order valence-corrected chi connectivity index (χ4v) is 3.04. The molecule has 0 aliphatic heterocycles. The molecule has 3 rings (SSSR count). The number of hydrogen-bond donors (Lipinski definition) is 3. The van der Waals surface area contributed by atoms with Crippen LogP contribution < -0.4 is 0 Å². The summed E-state index contributed by atoms with van der Waals surface area (Å²) in [5, 5.41) is 18.4. The van der Waals surface area contributed by atoms with E-state index in [2.05, 4.69) is 21.8 Å². The van der Waals surface area contributed by atoms with E-state index in [1.165, 1.54) is 0 Å². The quantitative estimate of drug-likeness (QED) is 0.270. The molecule has 0 fully saturated rings. The third-order valence-corrected chi connectivity index (χ3v) is 4.64. The van der Waals surface area contributed by atoms with Gasteiger partial charge < -0.3 is 19.4 Å². The second-order valence-electron chi connectivity index (χ2n) is 6.82. The summed E-state index contributed by atoms with van der Waals surface area (Å²) in [5.41, 5.74) is 1.66. The predicted octanol–water partition coefficient (Wildman–Crippen LogP) is 4.69. The molecule has 0 unspecified atom stereocenters. The minimum Gasteiger partial charge on any atom is -0.454 e. The van der Waals surface area contributed by atoms with E-state index in [9.17, 15) is 0 Å². The van der Waals surface area contributed by atoms with Gasteiger partial charge in [-0.2, -0.15) is 0 Å². The van der Waals surface area contributed by atoms with E-state index in [4.69, 9.17) is 14.9 Å². The predicted molar refractivity (Wildman–Crippen MR) is 113 cm³/mol.